The number of methoxy groups -OCH3 is 1. The lowest BCUT2D eigenvalue weighted by molar-refractivity contribution is -0.247. The van der Waals surface area contributed by atoms with Crippen LogP contribution in [0.2, 0.25) is 0 Å². The van der Waals surface area contributed by atoms with Gasteiger partial charge in [0.1, 0.15) is 0 Å². The highest BCUT2D eigenvalue weighted by Crippen LogP contribution is 2.19. The molecule has 0 atom stereocenters. The Morgan fingerprint density at radius 2 is 2.06 bits per heavy atom. The van der Waals surface area contributed by atoms with E-state index in [2.05, 4.69) is 10.3 Å². The lowest BCUT2D eigenvalue weighted by Crippen LogP contribution is -2.45. The number of hydrogen-bond acceptors (Lipinski definition) is 5. The van der Waals surface area contributed by atoms with Crippen LogP contribution in [0.3, 0.4) is 0 Å². The van der Waals surface area contributed by atoms with Crippen molar-refractivity contribution >= 4 is 5.69 Å². The standard InChI is InChI=1S/C12H18N2O3/c1-12(2)16-7-10(8-17-12)14-9-4-5-11(15-3)13-6-9/h4-6,10,14H,7-8H2,1-3H3. The average molecular weight is 238 g/mol. The summed E-state index contributed by atoms with van der Waals surface area (Å²) in [6, 6.07) is 3.89. The molecule has 0 aromatic carbocycles. The molecule has 1 saturated heterocycles. The summed E-state index contributed by atoms with van der Waals surface area (Å²) in [5.74, 6) is 0.129. The topological polar surface area (TPSA) is 52.6 Å². The van der Waals surface area contributed by atoms with E-state index in [-0.39, 0.29) is 6.04 Å². The highest BCUT2D eigenvalue weighted by atomic mass is 16.7. The quantitative estimate of drug-likeness (QED) is 0.867. The summed E-state index contributed by atoms with van der Waals surface area (Å²) in [6.45, 7) is 5.08. The zero-order chi connectivity index (χ0) is 12.3. The number of pyridine rings is 1. The van der Waals surface area contributed by atoms with Gasteiger partial charge in [0.15, 0.2) is 5.79 Å². The van der Waals surface area contributed by atoms with Gasteiger partial charge in [-0.15, -0.1) is 0 Å². The smallest absolute Gasteiger partial charge is 0.213 e. The van der Waals surface area contributed by atoms with Gasteiger partial charge in [0.2, 0.25) is 5.88 Å². The summed E-state index contributed by atoms with van der Waals surface area (Å²) in [6.07, 6.45) is 1.73. The predicted octanol–water partition coefficient (Wildman–Crippen LogP) is 1.65. The van der Waals surface area contributed by atoms with Crippen LogP contribution in [0.1, 0.15) is 13.8 Å². The molecule has 94 valence electrons. The van der Waals surface area contributed by atoms with Crippen molar-refractivity contribution in [1.82, 2.24) is 4.98 Å². The van der Waals surface area contributed by atoms with E-state index in [4.69, 9.17) is 14.2 Å². The molecule has 1 aromatic rings. The Morgan fingerprint density at radius 3 is 2.59 bits per heavy atom. The van der Waals surface area contributed by atoms with Crippen molar-refractivity contribution in [2.45, 2.75) is 25.7 Å². The number of aromatic nitrogens is 1. The SMILES string of the molecule is COc1ccc(NC2COC(C)(C)OC2)cn1. The maximum Gasteiger partial charge on any atom is 0.213 e. The van der Waals surface area contributed by atoms with Crippen LogP contribution in [0.25, 0.3) is 0 Å². The number of nitrogens with zero attached hydrogens (tertiary/aromatic N) is 1. The molecule has 5 heteroatoms. The number of rotatable bonds is 3. The van der Waals surface area contributed by atoms with Gasteiger partial charge in [0.05, 0.1) is 38.2 Å². The van der Waals surface area contributed by atoms with Crippen LogP contribution in [-0.4, -0.2) is 37.1 Å². The zero-order valence-electron chi connectivity index (χ0n) is 10.4. The summed E-state index contributed by atoms with van der Waals surface area (Å²) in [7, 11) is 1.60. The Bertz CT molecular complexity index is 355. The van der Waals surface area contributed by atoms with Crippen LogP contribution < -0.4 is 10.1 Å². The third-order valence-electron chi connectivity index (χ3n) is 2.58. The first-order chi connectivity index (χ1) is 8.09. The first-order valence-corrected chi connectivity index (χ1v) is 5.63. The van der Waals surface area contributed by atoms with Gasteiger partial charge in [-0.3, -0.25) is 0 Å². The average Bonchev–Trinajstić information content (AvgIpc) is 2.33. The molecule has 1 N–H and O–H groups in total. The summed E-state index contributed by atoms with van der Waals surface area (Å²) >= 11 is 0. The molecular weight excluding hydrogens is 220 g/mol. The molecule has 0 bridgehead atoms. The van der Waals surface area contributed by atoms with Crippen LogP contribution in [0.4, 0.5) is 5.69 Å². The van der Waals surface area contributed by atoms with Gasteiger partial charge in [-0.25, -0.2) is 4.98 Å². The Hall–Kier alpha value is -1.33. The lowest BCUT2D eigenvalue weighted by Gasteiger charge is -2.35. The van der Waals surface area contributed by atoms with E-state index in [1.54, 1.807) is 13.3 Å². The highest BCUT2D eigenvalue weighted by Gasteiger charge is 2.28. The van der Waals surface area contributed by atoms with Gasteiger partial charge in [0.25, 0.3) is 0 Å². The lowest BCUT2D eigenvalue weighted by atomic mass is 10.2. The second-order valence-corrected chi connectivity index (χ2v) is 4.45. The monoisotopic (exact) mass is 238 g/mol. The van der Waals surface area contributed by atoms with E-state index in [1.807, 2.05) is 26.0 Å². The molecule has 1 aliphatic heterocycles. The van der Waals surface area contributed by atoms with Crippen LogP contribution in [-0.2, 0) is 9.47 Å². The van der Waals surface area contributed by atoms with E-state index in [1.165, 1.54) is 0 Å². The first-order valence-electron chi connectivity index (χ1n) is 5.63. The second kappa shape index (κ2) is 4.89. The molecule has 5 nitrogen and oxygen atoms in total. The van der Waals surface area contributed by atoms with Crippen molar-refractivity contribution in [2.24, 2.45) is 0 Å². The normalized spacial score (nSPS) is 19.9. The van der Waals surface area contributed by atoms with Crippen LogP contribution >= 0.6 is 0 Å². The van der Waals surface area contributed by atoms with Gasteiger partial charge in [-0.1, -0.05) is 0 Å². The van der Waals surface area contributed by atoms with E-state index in [0.29, 0.717) is 19.1 Å². The van der Waals surface area contributed by atoms with E-state index < -0.39 is 5.79 Å². The molecule has 0 saturated carbocycles. The Morgan fingerprint density at radius 1 is 1.35 bits per heavy atom. The number of nitrogens with one attached hydrogen (secondary N) is 1. The molecule has 0 amide bonds. The molecule has 17 heavy (non-hydrogen) atoms. The van der Waals surface area contributed by atoms with Crippen molar-refractivity contribution in [3.63, 3.8) is 0 Å². The summed E-state index contributed by atoms with van der Waals surface area (Å²) < 4.78 is 16.1. The maximum absolute atomic E-state index is 5.57. The Kier molecular flexibility index (Phi) is 3.49. The molecular formula is C12H18N2O3. The van der Waals surface area contributed by atoms with Gasteiger partial charge in [-0.2, -0.15) is 0 Å². The van der Waals surface area contributed by atoms with Gasteiger partial charge >= 0.3 is 0 Å². The third kappa shape index (κ3) is 3.31. The molecule has 1 aromatic heterocycles. The van der Waals surface area contributed by atoms with Crippen molar-refractivity contribution in [1.29, 1.82) is 0 Å². The van der Waals surface area contributed by atoms with Crippen LogP contribution in [0, 0.1) is 0 Å². The van der Waals surface area contributed by atoms with Crippen molar-refractivity contribution in [2.75, 3.05) is 25.6 Å². The number of ether oxygens (including phenoxy) is 3. The molecule has 2 heterocycles. The minimum absolute atomic E-state index is 0.151. The zero-order valence-corrected chi connectivity index (χ0v) is 10.4. The molecule has 1 fully saturated rings. The molecule has 0 unspecified atom stereocenters. The molecule has 1 aliphatic rings. The predicted molar refractivity (Wildman–Crippen MR) is 64.2 cm³/mol. The van der Waals surface area contributed by atoms with Crippen LogP contribution in [0.15, 0.2) is 18.3 Å². The van der Waals surface area contributed by atoms with Crippen molar-refractivity contribution in [3.05, 3.63) is 18.3 Å². The summed E-state index contributed by atoms with van der Waals surface area (Å²) in [4.78, 5) is 4.12. The van der Waals surface area contributed by atoms with Gasteiger partial charge in [-0.05, 0) is 19.9 Å². The fourth-order valence-electron chi connectivity index (χ4n) is 1.60. The summed E-state index contributed by atoms with van der Waals surface area (Å²) in [5.41, 5.74) is 0.933. The fraction of sp³-hybridized carbons (Fsp3) is 0.583. The largest absolute Gasteiger partial charge is 0.481 e. The molecule has 0 spiro atoms. The molecule has 0 radical (unpaired) electrons. The van der Waals surface area contributed by atoms with Gasteiger partial charge < -0.3 is 19.5 Å². The minimum atomic E-state index is -0.476. The first kappa shape index (κ1) is 12.1. The summed E-state index contributed by atoms with van der Waals surface area (Å²) in [5, 5.41) is 3.30. The van der Waals surface area contributed by atoms with Crippen molar-refractivity contribution < 1.29 is 14.2 Å². The Balaban J connectivity index is 1.89. The second-order valence-electron chi connectivity index (χ2n) is 4.45. The number of hydrogen-bond donors (Lipinski definition) is 1. The van der Waals surface area contributed by atoms with Crippen molar-refractivity contribution in [3.8, 4) is 5.88 Å². The molecule has 2 rings (SSSR count). The maximum atomic E-state index is 5.57. The fourth-order valence-corrected chi connectivity index (χ4v) is 1.60. The van der Waals surface area contributed by atoms with E-state index >= 15 is 0 Å². The van der Waals surface area contributed by atoms with E-state index in [9.17, 15) is 0 Å². The third-order valence-corrected chi connectivity index (χ3v) is 2.58. The molecule has 0 aliphatic carbocycles. The number of anilines is 1. The minimum Gasteiger partial charge on any atom is -0.481 e. The van der Waals surface area contributed by atoms with Gasteiger partial charge in [0, 0.05) is 6.07 Å². The van der Waals surface area contributed by atoms with E-state index in [0.717, 1.165) is 5.69 Å². The Labute approximate surface area is 101 Å². The van der Waals surface area contributed by atoms with Crippen LogP contribution in [0.5, 0.6) is 5.88 Å². The highest BCUT2D eigenvalue weighted by molar-refractivity contribution is 5.43.